The molecule has 5 rings (SSSR count). The van der Waals surface area contributed by atoms with Gasteiger partial charge in [0.1, 0.15) is 5.58 Å². The molecule has 12 nitrogen and oxygen atoms in total. The van der Waals surface area contributed by atoms with Crippen molar-refractivity contribution in [3.63, 3.8) is 0 Å². The Hall–Kier alpha value is -5.39. The second-order valence-electron chi connectivity index (χ2n) is 8.92. The molecule has 204 valence electrons. The second-order valence-corrected chi connectivity index (χ2v) is 8.92. The Labute approximate surface area is 227 Å². The first kappa shape index (κ1) is 26.2. The first-order chi connectivity index (χ1) is 19.3. The zero-order chi connectivity index (χ0) is 28.4. The number of nitrogens with zero attached hydrogens (tertiary/aromatic N) is 2. The zero-order valence-electron chi connectivity index (χ0n) is 21.5. The molecule has 2 aromatic heterocycles. The van der Waals surface area contributed by atoms with Gasteiger partial charge in [0, 0.05) is 30.8 Å². The fourth-order valence-corrected chi connectivity index (χ4v) is 4.43. The number of rotatable bonds is 6. The molecule has 4 aromatic rings. The van der Waals surface area contributed by atoms with Crippen molar-refractivity contribution in [3.05, 3.63) is 87.5 Å². The Morgan fingerprint density at radius 1 is 1.00 bits per heavy atom. The Balaban J connectivity index is 1.46. The number of hydrogen-bond donors (Lipinski definition) is 3. The van der Waals surface area contributed by atoms with Gasteiger partial charge in [0.25, 0.3) is 11.8 Å². The lowest BCUT2D eigenvalue weighted by Gasteiger charge is -2.26. The molecule has 2 aromatic carbocycles. The van der Waals surface area contributed by atoms with Crippen molar-refractivity contribution in [2.24, 2.45) is 0 Å². The fourth-order valence-electron chi connectivity index (χ4n) is 4.43. The highest BCUT2D eigenvalue weighted by Gasteiger charge is 2.24. The van der Waals surface area contributed by atoms with E-state index in [2.05, 4.69) is 15.6 Å². The minimum absolute atomic E-state index is 0.0269. The number of anilines is 2. The molecule has 0 spiro atoms. The van der Waals surface area contributed by atoms with E-state index in [1.807, 2.05) is 0 Å². The second kappa shape index (κ2) is 10.8. The van der Waals surface area contributed by atoms with Crippen LogP contribution in [0.4, 0.5) is 16.2 Å². The molecule has 0 saturated carbocycles. The van der Waals surface area contributed by atoms with Gasteiger partial charge < -0.3 is 34.5 Å². The number of carbonyl (C=O) groups excluding carboxylic acids is 2. The number of hydrogen-bond acceptors (Lipinski definition) is 8. The van der Waals surface area contributed by atoms with Crippen LogP contribution < -0.4 is 25.5 Å². The SMILES string of the molecule is COc1cc(NC(=O)c2cc(=O)c3ccccc3o2)c(C(=O)Nc2cnc3c(c2)CN(C(=O)O)CC3)cc1OC. The van der Waals surface area contributed by atoms with Gasteiger partial charge in [-0.15, -0.1) is 0 Å². The Morgan fingerprint density at radius 3 is 2.50 bits per heavy atom. The van der Waals surface area contributed by atoms with E-state index in [0.717, 1.165) is 11.8 Å². The highest BCUT2D eigenvalue weighted by molar-refractivity contribution is 6.12. The molecule has 40 heavy (non-hydrogen) atoms. The minimum Gasteiger partial charge on any atom is -0.493 e. The zero-order valence-corrected chi connectivity index (χ0v) is 21.5. The third kappa shape index (κ3) is 5.14. The molecule has 3 heterocycles. The predicted octanol–water partition coefficient (Wildman–Crippen LogP) is 3.75. The quantitative estimate of drug-likeness (QED) is 0.328. The molecule has 0 atom stereocenters. The summed E-state index contributed by atoms with van der Waals surface area (Å²) in [6, 6.07) is 12.1. The number of benzene rings is 2. The number of aromatic nitrogens is 1. The number of carbonyl (C=O) groups is 3. The monoisotopic (exact) mass is 544 g/mol. The molecule has 0 aliphatic carbocycles. The largest absolute Gasteiger partial charge is 0.493 e. The summed E-state index contributed by atoms with van der Waals surface area (Å²) in [4.78, 5) is 56.1. The van der Waals surface area contributed by atoms with E-state index >= 15 is 0 Å². The van der Waals surface area contributed by atoms with Crippen LogP contribution in [-0.2, 0) is 13.0 Å². The van der Waals surface area contributed by atoms with Crippen molar-refractivity contribution >= 4 is 40.3 Å². The minimum atomic E-state index is -1.03. The van der Waals surface area contributed by atoms with E-state index in [9.17, 15) is 24.3 Å². The highest BCUT2D eigenvalue weighted by atomic mass is 16.5. The molecule has 0 fully saturated rings. The van der Waals surface area contributed by atoms with E-state index in [4.69, 9.17) is 13.9 Å². The van der Waals surface area contributed by atoms with Gasteiger partial charge in [-0.1, -0.05) is 12.1 Å². The third-order valence-corrected chi connectivity index (χ3v) is 6.44. The third-order valence-electron chi connectivity index (χ3n) is 6.44. The average Bonchev–Trinajstić information content (AvgIpc) is 2.96. The number of methoxy groups -OCH3 is 2. The maximum Gasteiger partial charge on any atom is 0.407 e. The van der Waals surface area contributed by atoms with E-state index < -0.39 is 23.3 Å². The highest BCUT2D eigenvalue weighted by Crippen LogP contribution is 2.34. The summed E-state index contributed by atoms with van der Waals surface area (Å²) in [7, 11) is 2.81. The molecule has 1 aliphatic heterocycles. The van der Waals surface area contributed by atoms with Gasteiger partial charge in [0.2, 0.25) is 0 Å². The van der Waals surface area contributed by atoms with Crippen LogP contribution in [0.2, 0.25) is 0 Å². The smallest absolute Gasteiger partial charge is 0.407 e. The maximum atomic E-state index is 13.4. The van der Waals surface area contributed by atoms with Crippen LogP contribution in [0.5, 0.6) is 11.5 Å². The van der Waals surface area contributed by atoms with Crippen molar-refractivity contribution in [3.8, 4) is 11.5 Å². The van der Waals surface area contributed by atoms with Crippen LogP contribution in [0.15, 0.2) is 63.9 Å². The molecule has 3 amide bonds. The van der Waals surface area contributed by atoms with Crippen molar-refractivity contribution in [1.29, 1.82) is 0 Å². The molecule has 0 bridgehead atoms. The van der Waals surface area contributed by atoms with E-state index in [1.54, 1.807) is 30.3 Å². The number of nitrogens with one attached hydrogen (secondary N) is 2. The van der Waals surface area contributed by atoms with Gasteiger partial charge in [-0.2, -0.15) is 0 Å². The van der Waals surface area contributed by atoms with Gasteiger partial charge in [-0.25, -0.2) is 4.79 Å². The van der Waals surface area contributed by atoms with Gasteiger partial charge in [-0.05, 0) is 29.8 Å². The molecule has 0 unspecified atom stereocenters. The first-order valence-corrected chi connectivity index (χ1v) is 12.1. The average molecular weight is 545 g/mol. The number of carboxylic acid groups (broad SMARTS) is 1. The summed E-state index contributed by atoms with van der Waals surface area (Å²) in [5, 5.41) is 15.0. The van der Waals surface area contributed by atoms with Crippen molar-refractivity contribution < 1.29 is 33.4 Å². The number of pyridine rings is 1. The van der Waals surface area contributed by atoms with Crippen LogP contribution >= 0.6 is 0 Å². The molecule has 12 heteroatoms. The van der Waals surface area contributed by atoms with Crippen molar-refractivity contribution in [2.45, 2.75) is 13.0 Å². The summed E-state index contributed by atoms with van der Waals surface area (Å²) in [5.41, 5.74) is 1.72. The Bertz CT molecular complexity index is 1710. The normalized spacial score (nSPS) is 12.4. The van der Waals surface area contributed by atoms with Gasteiger partial charge in [0.15, 0.2) is 22.7 Å². The fraction of sp³-hybridized carbons (Fsp3) is 0.179. The Kier molecular flexibility index (Phi) is 7.06. The topological polar surface area (TPSA) is 160 Å². The standard InChI is InChI=1S/C28H24N4O8/c1-38-23-10-18(26(34)30-16-9-15-14-32(28(36)37)8-7-19(15)29-13-16)20(11-24(23)39-2)31-27(35)25-12-21(33)17-5-3-4-6-22(17)40-25/h3-6,9-13H,7-8,14H2,1-2H3,(H,30,34)(H,31,35)(H,36,37). The summed E-state index contributed by atoms with van der Waals surface area (Å²) >= 11 is 0. The van der Waals surface area contributed by atoms with Gasteiger partial charge in [0.05, 0.1) is 49.3 Å². The Morgan fingerprint density at radius 2 is 1.75 bits per heavy atom. The number of para-hydroxylation sites is 1. The van der Waals surface area contributed by atoms with E-state index in [0.29, 0.717) is 29.6 Å². The summed E-state index contributed by atoms with van der Waals surface area (Å²) in [6.07, 6.45) is 0.913. The first-order valence-electron chi connectivity index (χ1n) is 12.1. The lowest BCUT2D eigenvalue weighted by Crippen LogP contribution is -2.35. The van der Waals surface area contributed by atoms with Gasteiger partial charge in [-0.3, -0.25) is 19.4 Å². The molecular formula is C28H24N4O8. The van der Waals surface area contributed by atoms with Crippen LogP contribution in [0.3, 0.4) is 0 Å². The van der Waals surface area contributed by atoms with Crippen molar-refractivity contribution in [2.75, 3.05) is 31.4 Å². The summed E-state index contributed by atoms with van der Waals surface area (Å²) < 4.78 is 16.3. The van der Waals surface area contributed by atoms with Crippen LogP contribution in [-0.4, -0.2) is 53.7 Å². The van der Waals surface area contributed by atoms with Crippen LogP contribution in [0.25, 0.3) is 11.0 Å². The molecular weight excluding hydrogens is 520 g/mol. The van der Waals surface area contributed by atoms with Gasteiger partial charge >= 0.3 is 6.09 Å². The summed E-state index contributed by atoms with van der Waals surface area (Å²) in [5.74, 6) is -1.12. The molecule has 0 saturated heterocycles. The van der Waals surface area contributed by atoms with E-state index in [1.165, 1.54) is 37.4 Å². The maximum absolute atomic E-state index is 13.4. The molecule has 1 aliphatic rings. The lowest BCUT2D eigenvalue weighted by atomic mass is 10.1. The van der Waals surface area contributed by atoms with Crippen LogP contribution in [0.1, 0.15) is 32.2 Å². The number of amides is 3. The van der Waals surface area contributed by atoms with E-state index in [-0.39, 0.29) is 40.6 Å². The molecule has 0 radical (unpaired) electrons. The lowest BCUT2D eigenvalue weighted by molar-refractivity contribution is 0.0997. The number of fused-ring (bicyclic) bond motifs is 2. The summed E-state index contributed by atoms with van der Waals surface area (Å²) in [6.45, 7) is 0.489. The predicted molar refractivity (Wildman–Crippen MR) is 144 cm³/mol. The molecule has 3 N–H and O–H groups in total. The van der Waals surface area contributed by atoms with Crippen LogP contribution in [0, 0.1) is 0 Å². The van der Waals surface area contributed by atoms with Crippen molar-refractivity contribution in [1.82, 2.24) is 9.88 Å². The number of ether oxygens (including phenoxy) is 2.